The lowest BCUT2D eigenvalue weighted by Crippen LogP contribution is -2.35. The van der Waals surface area contributed by atoms with Gasteiger partial charge in [-0.2, -0.15) is 0 Å². The molecule has 0 heterocycles. The first-order valence-electron chi connectivity index (χ1n) is 8.16. The molecule has 3 atom stereocenters. The third-order valence-electron chi connectivity index (χ3n) is 3.87. The fourth-order valence-corrected chi connectivity index (χ4v) is 2.59. The van der Waals surface area contributed by atoms with Gasteiger partial charge in [-0.1, -0.05) is 44.9 Å². The van der Waals surface area contributed by atoms with Crippen LogP contribution in [0.5, 0.6) is 5.75 Å². The Bertz CT molecular complexity index is 420. The van der Waals surface area contributed by atoms with Crippen LogP contribution in [0.15, 0.2) is 18.2 Å². The predicted octanol–water partition coefficient (Wildman–Crippen LogP) is 3.77. The number of rotatable bonds is 9. The fourth-order valence-electron chi connectivity index (χ4n) is 2.59. The second-order valence-electron chi connectivity index (χ2n) is 6.05. The van der Waals surface area contributed by atoms with Crippen LogP contribution < -0.4 is 10.5 Å². The predicted molar refractivity (Wildman–Crippen MR) is 88.9 cm³/mol. The van der Waals surface area contributed by atoms with E-state index in [2.05, 4.69) is 39.8 Å². The van der Waals surface area contributed by atoms with Crippen molar-refractivity contribution in [2.75, 3.05) is 6.61 Å². The molecule has 0 saturated heterocycles. The maximum Gasteiger partial charge on any atom is 0.122 e. The van der Waals surface area contributed by atoms with Crippen molar-refractivity contribution in [3.8, 4) is 5.75 Å². The molecule has 0 radical (unpaired) electrons. The van der Waals surface area contributed by atoms with Gasteiger partial charge in [-0.15, -0.1) is 0 Å². The van der Waals surface area contributed by atoms with E-state index in [-0.39, 0.29) is 12.0 Å². The van der Waals surface area contributed by atoms with Crippen molar-refractivity contribution in [2.24, 2.45) is 5.73 Å². The lowest BCUT2D eigenvalue weighted by Gasteiger charge is -2.23. The summed E-state index contributed by atoms with van der Waals surface area (Å²) in [5.41, 5.74) is 8.41. The Morgan fingerprint density at radius 1 is 1.24 bits per heavy atom. The monoisotopic (exact) mass is 293 g/mol. The molecular formula is C18H31NO2. The molecule has 3 N–H and O–H groups in total. The number of hydrogen-bond donors (Lipinski definition) is 2. The van der Waals surface area contributed by atoms with E-state index in [1.165, 1.54) is 11.1 Å². The van der Waals surface area contributed by atoms with Gasteiger partial charge in [-0.3, -0.25) is 0 Å². The molecule has 0 aliphatic carbocycles. The van der Waals surface area contributed by atoms with Crippen molar-refractivity contribution >= 4 is 0 Å². The van der Waals surface area contributed by atoms with Gasteiger partial charge >= 0.3 is 0 Å². The molecule has 0 fully saturated rings. The Labute approximate surface area is 129 Å². The number of aliphatic hydroxyl groups is 1. The minimum atomic E-state index is -0.459. The van der Waals surface area contributed by atoms with E-state index in [1.807, 2.05) is 6.07 Å². The van der Waals surface area contributed by atoms with Gasteiger partial charge in [0.2, 0.25) is 0 Å². The minimum absolute atomic E-state index is 0.137. The summed E-state index contributed by atoms with van der Waals surface area (Å²) in [6.45, 7) is 9.13. The van der Waals surface area contributed by atoms with E-state index in [9.17, 15) is 5.11 Å². The van der Waals surface area contributed by atoms with Crippen LogP contribution in [-0.4, -0.2) is 23.9 Å². The molecule has 0 spiro atoms. The molecule has 3 nitrogen and oxygen atoms in total. The maximum atomic E-state index is 10.3. The summed E-state index contributed by atoms with van der Waals surface area (Å²) in [6, 6.07) is 6.13. The normalized spacial score (nSPS) is 15.5. The highest BCUT2D eigenvalue weighted by atomic mass is 16.5. The number of aryl methyl sites for hydroxylation is 1. The molecule has 0 amide bonds. The Hall–Kier alpha value is -1.06. The van der Waals surface area contributed by atoms with E-state index in [4.69, 9.17) is 10.5 Å². The Kier molecular flexibility index (Phi) is 7.76. The molecule has 0 bridgehead atoms. The van der Waals surface area contributed by atoms with Crippen LogP contribution in [0.3, 0.4) is 0 Å². The highest BCUT2D eigenvalue weighted by molar-refractivity contribution is 5.39. The van der Waals surface area contributed by atoms with E-state index in [1.54, 1.807) is 0 Å². The van der Waals surface area contributed by atoms with Gasteiger partial charge in [0.25, 0.3) is 0 Å². The highest BCUT2D eigenvalue weighted by Crippen LogP contribution is 2.31. The van der Waals surface area contributed by atoms with Crippen LogP contribution in [0, 0.1) is 6.92 Å². The lowest BCUT2D eigenvalue weighted by molar-refractivity contribution is 0.123. The summed E-state index contributed by atoms with van der Waals surface area (Å²) in [7, 11) is 0. The van der Waals surface area contributed by atoms with Crippen LogP contribution in [-0.2, 0) is 0 Å². The second kappa shape index (κ2) is 9.06. The number of ether oxygens (including phenoxy) is 1. The molecule has 3 heteroatoms. The molecule has 0 aliphatic rings. The maximum absolute atomic E-state index is 10.3. The molecule has 21 heavy (non-hydrogen) atoms. The minimum Gasteiger partial charge on any atom is -0.493 e. The Morgan fingerprint density at radius 2 is 1.95 bits per heavy atom. The second-order valence-corrected chi connectivity index (χ2v) is 6.05. The van der Waals surface area contributed by atoms with Crippen LogP contribution in [0.4, 0.5) is 0 Å². The van der Waals surface area contributed by atoms with Crippen molar-refractivity contribution in [2.45, 2.75) is 71.4 Å². The van der Waals surface area contributed by atoms with Crippen LogP contribution in [0.25, 0.3) is 0 Å². The van der Waals surface area contributed by atoms with Crippen molar-refractivity contribution in [3.05, 3.63) is 29.3 Å². The molecular weight excluding hydrogens is 262 g/mol. The Morgan fingerprint density at radius 3 is 2.57 bits per heavy atom. The van der Waals surface area contributed by atoms with Gasteiger partial charge in [0.05, 0.1) is 12.7 Å². The standard InChI is InChI=1S/C18H31NO2/c1-5-7-16(19)17(20)12-14(4)15-11-13(3)8-9-18(15)21-10-6-2/h8-9,11,14,16-17,20H,5-7,10,12,19H2,1-4H3. The van der Waals surface area contributed by atoms with Gasteiger partial charge in [-0.25, -0.2) is 0 Å². The average Bonchev–Trinajstić information content (AvgIpc) is 2.46. The van der Waals surface area contributed by atoms with Gasteiger partial charge < -0.3 is 15.6 Å². The van der Waals surface area contributed by atoms with E-state index in [0.29, 0.717) is 6.42 Å². The van der Waals surface area contributed by atoms with E-state index in [0.717, 1.165) is 31.6 Å². The number of nitrogens with two attached hydrogens (primary N) is 1. The molecule has 1 aromatic rings. The van der Waals surface area contributed by atoms with Gasteiger partial charge in [0, 0.05) is 6.04 Å². The first kappa shape index (κ1) is 18.0. The van der Waals surface area contributed by atoms with Crippen molar-refractivity contribution < 1.29 is 9.84 Å². The highest BCUT2D eigenvalue weighted by Gasteiger charge is 2.20. The zero-order chi connectivity index (χ0) is 15.8. The zero-order valence-corrected chi connectivity index (χ0v) is 13.9. The molecule has 0 saturated carbocycles. The Balaban J connectivity index is 2.79. The first-order valence-corrected chi connectivity index (χ1v) is 8.16. The quantitative estimate of drug-likeness (QED) is 0.729. The smallest absolute Gasteiger partial charge is 0.122 e. The molecule has 120 valence electrons. The summed E-state index contributed by atoms with van der Waals surface area (Å²) in [5.74, 6) is 1.17. The fraction of sp³-hybridized carbons (Fsp3) is 0.667. The molecule has 0 aliphatic heterocycles. The lowest BCUT2D eigenvalue weighted by atomic mass is 9.90. The topological polar surface area (TPSA) is 55.5 Å². The number of aliphatic hydroxyl groups excluding tert-OH is 1. The SMILES string of the molecule is CCCOc1ccc(C)cc1C(C)CC(O)C(N)CCC. The van der Waals surface area contributed by atoms with E-state index < -0.39 is 6.10 Å². The summed E-state index contributed by atoms with van der Waals surface area (Å²) in [6.07, 6.45) is 3.07. The van der Waals surface area contributed by atoms with Crippen LogP contribution in [0.2, 0.25) is 0 Å². The van der Waals surface area contributed by atoms with Crippen molar-refractivity contribution in [1.82, 2.24) is 0 Å². The molecule has 0 aromatic heterocycles. The van der Waals surface area contributed by atoms with Crippen molar-refractivity contribution in [3.63, 3.8) is 0 Å². The molecule has 3 unspecified atom stereocenters. The third-order valence-corrected chi connectivity index (χ3v) is 3.87. The summed E-state index contributed by atoms with van der Waals surface area (Å²) in [5, 5.41) is 10.3. The molecule has 1 rings (SSSR count). The largest absolute Gasteiger partial charge is 0.493 e. The number of hydrogen-bond acceptors (Lipinski definition) is 3. The summed E-state index contributed by atoms with van der Waals surface area (Å²) in [4.78, 5) is 0. The van der Waals surface area contributed by atoms with Gasteiger partial charge in [-0.05, 0) is 43.7 Å². The zero-order valence-electron chi connectivity index (χ0n) is 13.9. The summed E-state index contributed by atoms with van der Waals surface area (Å²) >= 11 is 0. The summed E-state index contributed by atoms with van der Waals surface area (Å²) < 4.78 is 5.84. The third kappa shape index (κ3) is 5.68. The molecule has 1 aromatic carbocycles. The van der Waals surface area contributed by atoms with Gasteiger partial charge in [0.15, 0.2) is 0 Å². The first-order chi connectivity index (χ1) is 9.99. The van der Waals surface area contributed by atoms with Gasteiger partial charge in [0.1, 0.15) is 5.75 Å². The van der Waals surface area contributed by atoms with Crippen molar-refractivity contribution in [1.29, 1.82) is 0 Å². The van der Waals surface area contributed by atoms with E-state index >= 15 is 0 Å². The van der Waals surface area contributed by atoms with Crippen LogP contribution in [0.1, 0.15) is 63.5 Å². The van der Waals surface area contributed by atoms with Crippen LogP contribution >= 0.6 is 0 Å². The number of benzene rings is 1. The average molecular weight is 293 g/mol.